The standard InChI is InChI=1S/C22H17BrN4OS/c23-20-12-5-4-11-19(20)21-25-26-22(29)27(21)24-14-17-9-6-10-18(13-17)28-15-16-7-2-1-3-8-16/h1-14H,15H2,(H,26,29). The Morgan fingerprint density at radius 1 is 1.03 bits per heavy atom. The zero-order valence-corrected chi connectivity index (χ0v) is 17.7. The zero-order valence-electron chi connectivity index (χ0n) is 15.3. The molecular weight excluding hydrogens is 448 g/mol. The van der Waals surface area contributed by atoms with Crippen LogP contribution in [0, 0.1) is 4.77 Å². The molecule has 29 heavy (non-hydrogen) atoms. The molecule has 1 N–H and O–H groups in total. The monoisotopic (exact) mass is 464 g/mol. The predicted molar refractivity (Wildman–Crippen MR) is 121 cm³/mol. The number of hydrogen-bond donors (Lipinski definition) is 1. The molecule has 0 atom stereocenters. The van der Waals surface area contributed by atoms with Gasteiger partial charge in [0.1, 0.15) is 12.4 Å². The van der Waals surface area contributed by atoms with Crippen LogP contribution < -0.4 is 4.74 Å². The van der Waals surface area contributed by atoms with Crippen molar-refractivity contribution in [1.82, 2.24) is 14.9 Å². The molecular formula is C22H17BrN4OS. The van der Waals surface area contributed by atoms with Crippen molar-refractivity contribution < 1.29 is 4.74 Å². The van der Waals surface area contributed by atoms with E-state index in [-0.39, 0.29) is 0 Å². The maximum absolute atomic E-state index is 5.89. The summed E-state index contributed by atoms with van der Waals surface area (Å²) < 4.78 is 8.83. The van der Waals surface area contributed by atoms with Crippen LogP contribution in [-0.4, -0.2) is 21.1 Å². The number of nitrogens with zero attached hydrogens (tertiary/aromatic N) is 3. The molecule has 0 radical (unpaired) electrons. The molecule has 5 nitrogen and oxygen atoms in total. The van der Waals surface area contributed by atoms with Gasteiger partial charge in [0, 0.05) is 10.0 Å². The highest BCUT2D eigenvalue weighted by Crippen LogP contribution is 2.26. The first-order valence-corrected chi connectivity index (χ1v) is 10.1. The van der Waals surface area contributed by atoms with Gasteiger partial charge in [-0.1, -0.05) is 70.5 Å². The average molecular weight is 465 g/mol. The van der Waals surface area contributed by atoms with Gasteiger partial charge in [0.05, 0.1) is 6.21 Å². The molecule has 7 heteroatoms. The van der Waals surface area contributed by atoms with E-state index in [2.05, 4.69) is 31.2 Å². The van der Waals surface area contributed by atoms with Crippen molar-refractivity contribution in [2.75, 3.05) is 0 Å². The van der Waals surface area contributed by atoms with Gasteiger partial charge in [-0.3, -0.25) is 0 Å². The van der Waals surface area contributed by atoms with E-state index in [9.17, 15) is 0 Å². The topological polar surface area (TPSA) is 55.2 Å². The molecule has 0 aliphatic heterocycles. The van der Waals surface area contributed by atoms with E-state index in [4.69, 9.17) is 17.0 Å². The van der Waals surface area contributed by atoms with Crippen molar-refractivity contribution in [3.8, 4) is 17.1 Å². The fraction of sp³-hybridized carbons (Fsp3) is 0.0455. The molecule has 0 aliphatic carbocycles. The van der Waals surface area contributed by atoms with Crippen LogP contribution in [-0.2, 0) is 6.61 Å². The molecule has 1 aromatic heterocycles. The molecule has 4 aromatic rings. The lowest BCUT2D eigenvalue weighted by Gasteiger charge is -2.07. The zero-order chi connectivity index (χ0) is 20.1. The molecule has 0 bridgehead atoms. The molecule has 0 aliphatic rings. The van der Waals surface area contributed by atoms with Crippen LogP contribution in [0.4, 0.5) is 0 Å². The molecule has 0 fully saturated rings. The number of nitrogens with one attached hydrogen (secondary N) is 1. The SMILES string of the molecule is S=c1[nH]nc(-c2ccccc2Br)n1N=Cc1cccc(OCc2ccccc2)c1. The van der Waals surface area contributed by atoms with Crippen molar-refractivity contribution in [3.05, 3.63) is 99.2 Å². The van der Waals surface area contributed by atoms with E-state index in [1.54, 1.807) is 10.9 Å². The van der Waals surface area contributed by atoms with E-state index in [1.165, 1.54) is 0 Å². The summed E-state index contributed by atoms with van der Waals surface area (Å²) >= 11 is 8.89. The van der Waals surface area contributed by atoms with Crippen LogP contribution in [0.2, 0.25) is 0 Å². The molecule has 1 heterocycles. The summed E-state index contributed by atoms with van der Waals surface area (Å²) in [6.45, 7) is 0.514. The van der Waals surface area contributed by atoms with Gasteiger partial charge in [-0.25, -0.2) is 5.10 Å². The quantitative estimate of drug-likeness (QED) is 0.288. The number of halogens is 1. The lowest BCUT2D eigenvalue weighted by atomic mass is 10.2. The normalized spacial score (nSPS) is 11.1. The molecule has 0 saturated heterocycles. The summed E-state index contributed by atoms with van der Waals surface area (Å²) in [5, 5.41) is 11.7. The molecule has 0 unspecified atom stereocenters. The van der Waals surface area contributed by atoms with E-state index in [1.807, 2.05) is 78.9 Å². The molecule has 0 spiro atoms. The first-order chi connectivity index (χ1) is 14.2. The number of ether oxygens (including phenoxy) is 1. The van der Waals surface area contributed by atoms with E-state index in [0.717, 1.165) is 26.9 Å². The third-order valence-corrected chi connectivity index (χ3v) is 5.15. The average Bonchev–Trinajstić information content (AvgIpc) is 3.12. The van der Waals surface area contributed by atoms with Gasteiger partial charge in [-0.05, 0) is 47.6 Å². The lowest BCUT2D eigenvalue weighted by molar-refractivity contribution is 0.306. The molecule has 0 amide bonds. The maximum atomic E-state index is 5.89. The van der Waals surface area contributed by atoms with Gasteiger partial charge in [-0.15, -0.1) is 0 Å². The Kier molecular flexibility index (Phi) is 5.97. The fourth-order valence-electron chi connectivity index (χ4n) is 2.77. The van der Waals surface area contributed by atoms with Crippen LogP contribution >= 0.6 is 28.1 Å². The first-order valence-electron chi connectivity index (χ1n) is 8.94. The van der Waals surface area contributed by atoms with Crippen LogP contribution in [0.1, 0.15) is 11.1 Å². The largest absolute Gasteiger partial charge is 0.489 e. The second-order valence-electron chi connectivity index (χ2n) is 6.24. The van der Waals surface area contributed by atoms with Crippen molar-refractivity contribution in [1.29, 1.82) is 0 Å². The van der Waals surface area contributed by atoms with Crippen LogP contribution in [0.15, 0.2) is 88.4 Å². The number of H-pyrrole nitrogens is 1. The van der Waals surface area contributed by atoms with E-state index in [0.29, 0.717) is 17.2 Å². The third kappa shape index (κ3) is 4.70. The predicted octanol–water partition coefficient (Wildman–Crippen LogP) is 5.83. The van der Waals surface area contributed by atoms with E-state index < -0.39 is 0 Å². The number of aromatic amines is 1. The Balaban J connectivity index is 1.55. The second kappa shape index (κ2) is 8.98. The molecule has 144 valence electrons. The minimum Gasteiger partial charge on any atom is -0.489 e. The summed E-state index contributed by atoms with van der Waals surface area (Å²) in [5.41, 5.74) is 2.92. The summed E-state index contributed by atoms with van der Waals surface area (Å²) in [6.07, 6.45) is 1.74. The summed E-state index contributed by atoms with van der Waals surface area (Å²) in [6, 6.07) is 25.6. The van der Waals surface area contributed by atoms with Gasteiger partial charge in [0.2, 0.25) is 4.77 Å². The maximum Gasteiger partial charge on any atom is 0.216 e. The van der Waals surface area contributed by atoms with Crippen LogP contribution in [0.3, 0.4) is 0 Å². The number of benzene rings is 3. The summed E-state index contributed by atoms with van der Waals surface area (Å²) in [7, 11) is 0. The third-order valence-electron chi connectivity index (χ3n) is 4.19. The number of aromatic nitrogens is 3. The molecule has 3 aromatic carbocycles. The lowest BCUT2D eigenvalue weighted by Crippen LogP contribution is -1.97. The Hall–Kier alpha value is -3.03. The minimum absolute atomic E-state index is 0.420. The van der Waals surface area contributed by atoms with Crippen LogP contribution in [0.5, 0.6) is 5.75 Å². The van der Waals surface area contributed by atoms with Crippen molar-refractivity contribution in [2.24, 2.45) is 5.10 Å². The minimum atomic E-state index is 0.420. The van der Waals surface area contributed by atoms with E-state index >= 15 is 0 Å². The van der Waals surface area contributed by atoms with Gasteiger partial charge in [-0.2, -0.15) is 14.9 Å². The van der Waals surface area contributed by atoms with Gasteiger partial charge in [0.15, 0.2) is 5.82 Å². The smallest absolute Gasteiger partial charge is 0.216 e. The van der Waals surface area contributed by atoms with Crippen molar-refractivity contribution in [3.63, 3.8) is 0 Å². The van der Waals surface area contributed by atoms with Crippen molar-refractivity contribution in [2.45, 2.75) is 6.61 Å². The molecule has 4 rings (SSSR count). The second-order valence-corrected chi connectivity index (χ2v) is 7.48. The highest BCUT2D eigenvalue weighted by atomic mass is 79.9. The Morgan fingerprint density at radius 3 is 2.66 bits per heavy atom. The number of hydrogen-bond acceptors (Lipinski definition) is 4. The van der Waals surface area contributed by atoms with Crippen LogP contribution in [0.25, 0.3) is 11.4 Å². The van der Waals surface area contributed by atoms with Crippen molar-refractivity contribution >= 4 is 34.4 Å². The Morgan fingerprint density at radius 2 is 1.83 bits per heavy atom. The van der Waals surface area contributed by atoms with Gasteiger partial charge < -0.3 is 4.74 Å². The van der Waals surface area contributed by atoms with Gasteiger partial charge >= 0.3 is 0 Å². The summed E-state index contributed by atoms with van der Waals surface area (Å²) in [5.74, 6) is 1.41. The Labute approximate surface area is 181 Å². The number of rotatable bonds is 6. The van der Waals surface area contributed by atoms with Gasteiger partial charge in [0.25, 0.3) is 0 Å². The Bertz CT molecular complexity index is 1200. The highest BCUT2D eigenvalue weighted by molar-refractivity contribution is 9.10. The fourth-order valence-corrected chi connectivity index (χ4v) is 3.41. The molecule has 0 saturated carbocycles. The summed E-state index contributed by atoms with van der Waals surface area (Å²) in [4.78, 5) is 0. The highest BCUT2D eigenvalue weighted by Gasteiger charge is 2.10. The first kappa shape index (κ1) is 19.3.